The Balaban J connectivity index is 0. The molecule has 15 heavy (non-hydrogen) atoms. The van der Waals surface area contributed by atoms with Crippen molar-refractivity contribution >= 4 is 51.7 Å². The van der Waals surface area contributed by atoms with Gasteiger partial charge in [0.05, 0.1) is 0 Å². The summed E-state index contributed by atoms with van der Waals surface area (Å²) < 4.78 is 0. The molecule has 0 spiro atoms. The molecule has 0 aliphatic heterocycles. The molecule has 0 radical (unpaired) electrons. The van der Waals surface area contributed by atoms with Crippen molar-refractivity contribution in [3.05, 3.63) is 0 Å². The summed E-state index contributed by atoms with van der Waals surface area (Å²) in [5.74, 6) is 0. The van der Waals surface area contributed by atoms with Gasteiger partial charge in [0.1, 0.15) is 0 Å². The van der Waals surface area contributed by atoms with Crippen LogP contribution in [0.3, 0.4) is 0 Å². The SMILES string of the molecule is [In+3].[In+3].[O-2].[O-2].[O-2].[O-2].[O-2].[O-2].[O-2].[O-2].[O-2].[Ti+4].[Ti+4].[Zn+2].[Zn+2]. The van der Waals surface area contributed by atoms with Crippen molar-refractivity contribution in [3.8, 4) is 0 Å². The van der Waals surface area contributed by atoms with Crippen LogP contribution in [0.5, 0.6) is 0 Å². The molecule has 0 rings (SSSR count). The number of rotatable bonds is 0. The van der Waals surface area contributed by atoms with Crippen LogP contribution in [-0.2, 0) is 132 Å². The molecule has 0 amide bonds. The molecule has 0 aromatic rings. The Morgan fingerprint density at radius 3 is 0.267 bits per heavy atom. The van der Waals surface area contributed by atoms with Gasteiger partial charge in [-0.15, -0.1) is 0 Å². The number of hydrogen-bond donors (Lipinski definition) is 0. The van der Waals surface area contributed by atoms with Crippen LogP contribution in [-0.4, -0.2) is 51.7 Å². The van der Waals surface area contributed by atoms with Gasteiger partial charge in [-0.1, -0.05) is 0 Å². The monoisotopic (exact) mass is 598 g/mol. The van der Waals surface area contributed by atoms with Crippen molar-refractivity contribution < 1.29 is 132 Å². The molecule has 9 nitrogen and oxygen atoms in total. The van der Waals surface area contributed by atoms with Crippen LogP contribution in [0.4, 0.5) is 0 Å². The van der Waals surface area contributed by atoms with Gasteiger partial charge in [-0.25, -0.2) is 0 Å². The average Bonchev–Trinajstić information content (AvgIpc) is 0. The van der Waals surface area contributed by atoms with E-state index in [4.69, 9.17) is 0 Å². The van der Waals surface area contributed by atoms with Crippen LogP contribution in [0.25, 0.3) is 0 Å². The molecular formula is In2O9Ti2Zn2. The normalized spacial score (nSPS) is 0. The van der Waals surface area contributed by atoms with Gasteiger partial charge in [0.2, 0.25) is 0 Å². The zero-order valence-corrected chi connectivity index (χ0v) is 22.9. The third-order valence-electron chi connectivity index (χ3n) is 0. The maximum absolute atomic E-state index is 0. The molecule has 0 heterocycles. The fourth-order valence-electron chi connectivity index (χ4n) is 0. The quantitative estimate of drug-likeness (QED) is 0.278. The largest absolute Gasteiger partial charge is 4.00 e. The molecule has 0 fully saturated rings. The van der Waals surface area contributed by atoms with Gasteiger partial charge in [-0.05, 0) is 0 Å². The van der Waals surface area contributed by atoms with Gasteiger partial charge in [0, 0.05) is 0 Å². The van der Waals surface area contributed by atoms with Crippen LogP contribution in [0.15, 0.2) is 0 Å². The topological polar surface area (TPSA) is 256 Å². The number of hydrogen-bond acceptors (Lipinski definition) is 0. The third kappa shape index (κ3) is 283. The maximum atomic E-state index is 0. The molecule has 0 aliphatic carbocycles. The first-order valence-corrected chi connectivity index (χ1v) is 0. The van der Waals surface area contributed by atoms with Gasteiger partial charge in [0.15, 0.2) is 0 Å². The van der Waals surface area contributed by atoms with Crippen LogP contribution in [0.1, 0.15) is 0 Å². The van der Waals surface area contributed by atoms with E-state index >= 15 is 0 Å². The average molecular weight is 600 g/mol. The van der Waals surface area contributed by atoms with E-state index in [1.54, 1.807) is 0 Å². The first-order chi connectivity index (χ1) is 0. The van der Waals surface area contributed by atoms with Crippen molar-refractivity contribution in [1.82, 2.24) is 0 Å². The fourth-order valence-corrected chi connectivity index (χ4v) is 0. The van der Waals surface area contributed by atoms with Crippen molar-refractivity contribution in [2.75, 3.05) is 0 Å². The Morgan fingerprint density at radius 1 is 0.267 bits per heavy atom. The van der Waals surface area contributed by atoms with E-state index in [2.05, 4.69) is 0 Å². The summed E-state index contributed by atoms with van der Waals surface area (Å²) in [7, 11) is 0. The van der Waals surface area contributed by atoms with E-state index in [-0.39, 0.29) is 183 Å². The molecular weight excluding hydrogens is 600 g/mol. The predicted octanol–water partition coefficient (Wildman–Crippen LogP) is -1.84. The second kappa shape index (κ2) is 319. The zero-order valence-electron chi connectivity index (χ0n) is 7.24. The van der Waals surface area contributed by atoms with Gasteiger partial charge in [0.25, 0.3) is 0 Å². The molecule has 0 aromatic heterocycles. The molecule has 0 N–H and O–H groups in total. The molecule has 0 aliphatic rings. The summed E-state index contributed by atoms with van der Waals surface area (Å²) in [5.41, 5.74) is 0. The fraction of sp³-hybridized carbons (Fsp3) is 0. The molecule has 15 heteroatoms. The molecule has 0 saturated heterocycles. The summed E-state index contributed by atoms with van der Waals surface area (Å²) >= 11 is 0. The summed E-state index contributed by atoms with van der Waals surface area (Å²) in [4.78, 5) is 0. The summed E-state index contributed by atoms with van der Waals surface area (Å²) in [6, 6.07) is 0. The molecule has 0 atom stereocenters. The molecule has 72 valence electrons. The minimum absolute atomic E-state index is 0. The smallest absolute Gasteiger partial charge is 2.00 e. The van der Waals surface area contributed by atoms with Gasteiger partial charge < -0.3 is 49.3 Å². The second-order valence-electron chi connectivity index (χ2n) is 0. The zero-order chi connectivity index (χ0) is 0. The van der Waals surface area contributed by atoms with E-state index in [0.29, 0.717) is 0 Å². The van der Waals surface area contributed by atoms with Gasteiger partial charge in [-0.2, -0.15) is 0 Å². The Kier molecular flexibility index (Phi) is 8040. The van der Waals surface area contributed by atoms with E-state index in [9.17, 15) is 0 Å². The van der Waals surface area contributed by atoms with Gasteiger partial charge in [-0.3, -0.25) is 0 Å². The van der Waals surface area contributed by atoms with Crippen molar-refractivity contribution in [2.24, 2.45) is 0 Å². The van der Waals surface area contributed by atoms with Crippen molar-refractivity contribution in [1.29, 1.82) is 0 Å². The summed E-state index contributed by atoms with van der Waals surface area (Å²) in [5, 5.41) is 0. The van der Waals surface area contributed by atoms with E-state index in [1.807, 2.05) is 0 Å². The van der Waals surface area contributed by atoms with E-state index in [0.717, 1.165) is 0 Å². The van der Waals surface area contributed by atoms with Crippen LogP contribution >= 0.6 is 0 Å². The summed E-state index contributed by atoms with van der Waals surface area (Å²) in [6.45, 7) is 0. The second-order valence-corrected chi connectivity index (χ2v) is 0. The Morgan fingerprint density at radius 2 is 0.267 bits per heavy atom. The Labute approximate surface area is 180 Å². The molecule has 0 bridgehead atoms. The van der Waals surface area contributed by atoms with Crippen molar-refractivity contribution in [3.63, 3.8) is 0 Å². The minimum Gasteiger partial charge on any atom is -2.00 e. The Hall–Kier alpha value is 4.06. The first kappa shape index (κ1) is 378. The van der Waals surface area contributed by atoms with Gasteiger partial charge >= 0.3 is 134 Å². The summed E-state index contributed by atoms with van der Waals surface area (Å²) in [6.07, 6.45) is 0. The first-order valence-electron chi connectivity index (χ1n) is 0. The molecule has 0 unspecified atom stereocenters. The molecule has 0 saturated carbocycles. The standard InChI is InChI=1S/2In.9O.2Ti.2Zn/q2*+3;9*-2;2*+4;2*+2. The maximum Gasteiger partial charge on any atom is 4.00 e. The van der Waals surface area contributed by atoms with Crippen molar-refractivity contribution in [2.45, 2.75) is 0 Å². The predicted molar refractivity (Wildman–Crippen MR) is 17.7 cm³/mol. The van der Waals surface area contributed by atoms with Crippen LogP contribution in [0.2, 0.25) is 0 Å². The Bertz CT molecular complexity index is 24.1. The molecule has 0 aromatic carbocycles. The third-order valence-corrected chi connectivity index (χ3v) is 0. The van der Waals surface area contributed by atoms with E-state index in [1.165, 1.54) is 0 Å². The minimum atomic E-state index is 0. The van der Waals surface area contributed by atoms with Crippen LogP contribution in [0, 0.1) is 0 Å². The van der Waals surface area contributed by atoms with E-state index < -0.39 is 0 Å². The van der Waals surface area contributed by atoms with Crippen LogP contribution < -0.4 is 0 Å².